The number of unbranched alkanes of at least 4 members (excludes halogenated alkanes) is 8. The number of azo groups is 1. The molecule has 0 radical (unpaired) electrons. The van der Waals surface area contributed by atoms with E-state index in [0.717, 1.165) is 6.42 Å². The molecule has 0 spiro atoms. The summed E-state index contributed by atoms with van der Waals surface area (Å²) in [6, 6.07) is 0. The summed E-state index contributed by atoms with van der Waals surface area (Å²) >= 11 is 0. The van der Waals surface area contributed by atoms with Gasteiger partial charge in [0.2, 0.25) is 5.96 Å². The quantitative estimate of drug-likeness (QED) is 0.252. The number of rotatable bonds is 10. The van der Waals surface area contributed by atoms with Crippen LogP contribution in [0.5, 0.6) is 0 Å². The van der Waals surface area contributed by atoms with E-state index in [2.05, 4.69) is 17.2 Å². The zero-order valence-corrected chi connectivity index (χ0v) is 10.5. The molecule has 0 aliphatic rings. The molecular formula is C12H26N4. The number of hydrogen-bond acceptors (Lipinski definition) is 2. The first-order valence-corrected chi connectivity index (χ1v) is 6.49. The fourth-order valence-corrected chi connectivity index (χ4v) is 1.62. The molecule has 16 heavy (non-hydrogen) atoms. The zero-order chi connectivity index (χ0) is 12.1. The van der Waals surface area contributed by atoms with E-state index >= 15 is 0 Å². The number of nitrogens with one attached hydrogen (secondary N) is 1. The SMILES string of the molecule is CCCCCCCCCCCN=NC(=N)N. The van der Waals surface area contributed by atoms with Crippen molar-refractivity contribution < 1.29 is 0 Å². The third-order valence-electron chi connectivity index (χ3n) is 2.54. The Hall–Kier alpha value is -0.930. The number of nitrogens with two attached hydrogens (primary N) is 1. The van der Waals surface area contributed by atoms with Gasteiger partial charge < -0.3 is 5.73 Å². The summed E-state index contributed by atoms with van der Waals surface area (Å²) < 4.78 is 0. The highest BCUT2D eigenvalue weighted by Crippen LogP contribution is 2.09. The Morgan fingerprint density at radius 3 is 1.94 bits per heavy atom. The molecule has 0 rings (SSSR count). The Balaban J connectivity index is 3.01. The molecule has 0 amide bonds. The molecule has 0 aliphatic carbocycles. The van der Waals surface area contributed by atoms with Crippen LogP contribution in [0.3, 0.4) is 0 Å². The minimum atomic E-state index is -0.198. The van der Waals surface area contributed by atoms with E-state index in [1.807, 2.05) is 0 Å². The Morgan fingerprint density at radius 1 is 0.938 bits per heavy atom. The number of guanidine groups is 1. The standard InChI is InChI=1S/C12H26N4/c1-2-3-4-5-6-7-8-9-10-11-15-16-12(13)14/h2-11H2,1H3,(H3,13,14). The normalized spacial score (nSPS) is 11.1. The van der Waals surface area contributed by atoms with Gasteiger partial charge in [0.25, 0.3) is 0 Å². The van der Waals surface area contributed by atoms with Gasteiger partial charge in [-0.2, -0.15) is 5.11 Å². The topological polar surface area (TPSA) is 74.6 Å². The minimum absolute atomic E-state index is 0.198. The molecule has 3 N–H and O–H groups in total. The average molecular weight is 226 g/mol. The lowest BCUT2D eigenvalue weighted by atomic mass is 10.1. The lowest BCUT2D eigenvalue weighted by Crippen LogP contribution is -2.04. The van der Waals surface area contributed by atoms with Crippen LogP contribution in [-0.2, 0) is 0 Å². The van der Waals surface area contributed by atoms with Crippen molar-refractivity contribution in [1.82, 2.24) is 0 Å². The first-order chi connectivity index (χ1) is 7.77. The van der Waals surface area contributed by atoms with Crippen molar-refractivity contribution in [2.45, 2.75) is 64.7 Å². The first-order valence-electron chi connectivity index (χ1n) is 6.49. The highest BCUT2D eigenvalue weighted by Gasteiger charge is 1.91. The Labute approximate surface area is 99.2 Å². The van der Waals surface area contributed by atoms with E-state index < -0.39 is 0 Å². The fourth-order valence-electron chi connectivity index (χ4n) is 1.62. The maximum absolute atomic E-state index is 6.84. The van der Waals surface area contributed by atoms with Gasteiger partial charge in [-0.1, -0.05) is 58.3 Å². The van der Waals surface area contributed by atoms with Gasteiger partial charge in [0, 0.05) is 0 Å². The van der Waals surface area contributed by atoms with E-state index in [4.69, 9.17) is 11.1 Å². The largest absolute Gasteiger partial charge is 0.367 e. The van der Waals surface area contributed by atoms with E-state index in [1.54, 1.807) is 0 Å². The lowest BCUT2D eigenvalue weighted by molar-refractivity contribution is 0.565. The lowest BCUT2D eigenvalue weighted by Gasteiger charge is -2.00. The molecule has 4 heteroatoms. The summed E-state index contributed by atoms with van der Waals surface area (Å²) in [5.41, 5.74) is 5.04. The van der Waals surface area contributed by atoms with Gasteiger partial charge in [-0.25, -0.2) is 0 Å². The summed E-state index contributed by atoms with van der Waals surface area (Å²) in [6.07, 6.45) is 11.8. The van der Waals surface area contributed by atoms with Gasteiger partial charge in [0.15, 0.2) is 0 Å². The first kappa shape index (κ1) is 15.1. The molecule has 0 aliphatic heterocycles. The summed E-state index contributed by atoms with van der Waals surface area (Å²) in [7, 11) is 0. The third kappa shape index (κ3) is 13.1. The minimum Gasteiger partial charge on any atom is -0.367 e. The van der Waals surface area contributed by atoms with Gasteiger partial charge in [-0.05, 0) is 6.42 Å². The number of nitrogens with zero attached hydrogens (tertiary/aromatic N) is 2. The Kier molecular flexibility index (Phi) is 11.4. The van der Waals surface area contributed by atoms with Crippen LogP contribution in [0.15, 0.2) is 10.2 Å². The van der Waals surface area contributed by atoms with Crippen molar-refractivity contribution in [2.75, 3.05) is 6.54 Å². The second kappa shape index (κ2) is 12.1. The summed E-state index contributed by atoms with van der Waals surface area (Å²) in [5, 5.41) is 14.1. The smallest absolute Gasteiger partial charge is 0.232 e. The molecule has 0 aromatic rings. The maximum Gasteiger partial charge on any atom is 0.232 e. The van der Waals surface area contributed by atoms with Crippen LogP contribution in [0.25, 0.3) is 0 Å². The summed E-state index contributed by atoms with van der Waals surface area (Å²) in [4.78, 5) is 0. The average Bonchev–Trinajstić information content (AvgIpc) is 2.25. The Bertz CT molecular complexity index is 189. The predicted octanol–water partition coefficient (Wildman–Crippen LogP) is 3.86. The molecule has 4 nitrogen and oxygen atoms in total. The second-order valence-corrected chi connectivity index (χ2v) is 4.18. The molecule has 0 saturated carbocycles. The van der Waals surface area contributed by atoms with Crippen LogP contribution in [0.1, 0.15) is 64.7 Å². The van der Waals surface area contributed by atoms with Crippen molar-refractivity contribution in [3.8, 4) is 0 Å². The van der Waals surface area contributed by atoms with E-state index in [0.29, 0.717) is 6.54 Å². The maximum atomic E-state index is 6.84. The number of hydrogen-bond donors (Lipinski definition) is 2. The highest BCUT2D eigenvalue weighted by atomic mass is 15.2. The van der Waals surface area contributed by atoms with Crippen LogP contribution < -0.4 is 5.73 Å². The molecular weight excluding hydrogens is 200 g/mol. The molecule has 0 heterocycles. The van der Waals surface area contributed by atoms with Crippen LogP contribution in [0.4, 0.5) is 0 Å². The van der Waals surface area contributed by atoms with E-state index in [9.17, 15) is 0 Å². The van der Waals surface area contributed by atoms with Gasteiger partial charge in [0.1, 0.15) is 0 Å². The molecule has 0 saturated heterocycles. The van der Waals surface area contributed by atoms with Crippen LogP contribution >= 0.6 is 0 Å². The molecule has 0 aromatic heterocycles. The molecule has 0 bridgehead atoms. The van der Waals surface area contributed by atoms with Crippen molar-refractivity contribution >= 4 is 5.96 Å². The predicted molar refractivity (Wildman–Crippen MR) is 68.9 cm³/mol. The van der Waals surface area contributed by atoms with Crippen molar-refractivity contribution in [3.63, 3.8) is 0 Å². The van der Waals surface area contributed by atoms with Crippen LogP contribution in [-0.4, -0.2) is 12.5 Å². The zero-order valence-electron chi connectivity index (χ0n) is 10.5. The van der Waals surface area contributed by atoms with Gasteiger partial charge in [-0.15, -0.1) is 5.11 Å². The van der Waals surface area contributed by atoms with Crippen molar-refractivity contribution in [3.05, 3.63) is 0 Å². The van der Waals surface area contributed by atoms with Crippen molar-refractivity contribution in [1.29, 1.82) is 5.41 Å². The van der Waals surface area contributed by atoms with Crippen LogP contribution in [0, 0.1) is 5.41 Å². The van der Waals surface area contributed by atoms with E-state index in [-0.39, 0.29) is 5.96 Å². The van der Waals surface area contributed by atoms with Crippen molar-refractivity contribution in [2.24, 2.45) is 16.0 Å². The molecule has 0 unspecified atom stereocenters. The molecule has 0 fully saturated rings. The summed E-state index contributed by atoms with van der Waals surface area (Å²) in [5.74, 6) is -0.198. The van der Waals surface area contributed by atoms with Gasteiger partial charge in [0.05, 0.1) is 6.54 Å². The van der Waals surface area contributed by atoms with Gasteiger partial charge in [-0.3, -0.25) is 5.41 Å². The molecule has 94 valence electrons. The summed E-state index contributed by atoms with van der Waals surface area (Å²) in [6.45, 7) is 2.95. The van der Waals surface area contributed by atoms with E-state index in [1.165, 1.54) is 51.4 Å². The highest BCUT2D eigenvalue weighted by molar-refractivity contribution is 5.74. The monoisotopic (exact) mass is 226 g/mol. The van der Waals surface area contributed by atoms with Gasteiger partial charge >= 0.3 is 0 Å². The molecule has 0 atom stereocenters. The Morgan fingerprint density at radius 2 is 1.44 bits per heavy atom. The second-order valence-electron chi connectivity index (χ2n) is 4.18. The fraction of sp³-hybridized carbons (Fsp3) is 0.917. The third-order valence-corrected chi connectivity index (χ3v) is 2.54. The van der Waals surface area contributed by atoms with Crippen LogP contribution in [0.2, 0.25) is 0 Å². The molecule has 0 aromatic carbocycles.